The number of nitrogen functional groups attached to an aromatic ring is 1. The van der Waals surface area contributed by atoms with Crippen molar-refractivity contribution in [2.24, 2.45) is 5.73 Å². The number of amides is 1. The molecule has 0 saturated carbocycles. The Kier molecular flexibility index (Phi) is 6.63. The maximum Gasteiger partial charge on any atom is 0.394 e. The normalized spacial score (nSPS) is 14.2. The summed E-state index contributed by atoms with van der Waals surface area (Å²) in [6, 6.07) is 20.8. The van der Waals surface area contributed by atoms with Gasteiger partial charge in [0, 0.05) is 17.3 Å². The van der Waals surface area contributed by atoms with E-state index in [0.29, 0.717) is 28.5 Å². The topological polar surface area (TPSA) is 135 Å². The summed E-state index contributed by atoms with van der Waals surface area (Å²) in [5, 5.41) is 16.8. The third kappa shape index (κ3) is 5.26. The lowest BCUT2D eigenvalue weighted by Crippen LogP contribution is -2.37. The number of nitrogens with one attached hydrogen (secondary N) is 1. The molecule has 0 bridgehead atoms. The minimum absolute atomic E-state index is 0.0225. The summed E-state index contributed by atoms with van der Waals surface area (Å²) in [6.45, 7) is 0.555. The summed E-state index contributed by atoms with van der Waals surface area (Å²) < 4.78 is 17.5. The fourth-order valence-corrected chi connectivity index (χ4v) is 3.44. The number of carbonyl (C=O) groups excluding carboxylic acids is 1. The van der Waals surface area contributed by atoms with Gasteiger partial charge in [-0.25, -0.2) is 4.79 Å². The Bertz CT molecular complexity index is 1200. The van der Waals surface area contributed by atoms with Crippen LogP contribution >= 0.6 is 0 Å². The molecule has 9 nitrogen and oxygen atoms in total. The molecule has 0 saturated heterocycles. The second-order valence-electron chi connectivity index (χ2n) is 7.61. The zero-order valence-electron chi connectivity index (χ0n) is 18.1. The number of fused-ring (bicyclic) bond motifs is 1. The fraction of sp³-hybridized carbons (Fsp3) is 0.160. The molecule has 0 fully saturated rings. The van der Waals surface area contributed by atoms with Gasteiger partial charge in [-0.1, -0.05) is 30.3 Å². The van der Waals surface area contributed by atoms with Crippen molar-refractivity contribution in [1.29, 1.82) is 5.41 Å². The van der Waals surface area contributed by atoms with E-state index in [0.717, 1.165) is 5.56 Å². The highest BCUT2D eigenvalue weighted by atomic mass is 16.6. The number of amidine groups is 1. The number of rotatable bonds is 7. The zero-order valence-corrected chi connectivity index (χ0v) is 18.1. The van der Waals surface area contributed by atoms with Crippen LogP contribution in [-0.2, 0) is 16.1 Å². The molecular weight excluding hydrogens is 438 g/mol. The Morgan fingerprint density at radius 3 is 2.47 bits per heavy atom. The number of nitrogens with two attached hydrogens (primary N) is 1. The first-order valence-corrected chi connectivity index (χ1v) is 10.5. The van der Waals surface area contributed by atoms with Crippen molar-refractivity contribution < 1.29 is 28.9 Å². The van der Waals surface area contributed by atoms with Crippen molar-refractivity contribution in [2.45, 2.75) is 12.6 Å². The number of benzene rings is 3. The van der Waals surface area contributed by atoms with Crippen LogP contribution in [0.15, 0.2) is 72.8 Å². The molecular formula is C25H23N3O6. The van der Waals surface area contributed by atoms with Crippen LogP contribution in [-0.4, -0.2) is 42.1 Å². The molecule has 1 aliphatic heterocycles. The Balaban J connectivity index is 1.48. The van der Waals surface area contributed by atoms with Gasteiger partial charge >= 0.3 is 11.9 Å². The monoisotopic (exact) mass is 461 g/mol. The van der Waals surface area contributed by atoms with Gasteiger partial charge in [0.05, 0.1) is 6.54 Å². The van der Waals surface area contributed by atoms with Gasteiger partial charge in [0.25, 0.3) is 0 Å². The van der Waals surface area contributed by atoms with Crippen LogP contribution in [0.4, 0.5) is 5.69 Å². The van der Waals surface area contributed by atoms with Gasteiger partial charge in [0.1, 0.15) is 24.8 Å². The standard InChI is InChI=1S/C25H23N3O6/c26-23(27)17-6-9-19(10-7-17)32-14-20-15-33-21-11-8-18(12-22(21)34-20)28(24(29)25(30)31)13-16-4-2-1-3-5-16/h1-12,20H,13-15H2,(H3,26,27)(H,30,31)/t20-/m1/s1. The van der Waals surface area contributed by atoms with E-state index in [1.54, 1.807) is 42.5 Å². The number of nitrogens with zero attached hydrogens (tertiary/aromatic N) is 1. The van der Waals surface area contributed by atoms with Crippen molar-refractivity contribution in [3.63, 3.8) is 0 Å². The van der Waals surface area contributed by atoms with Crippen LogP contribution in [0.2, 0.25) is 0 Å². The van der Waals surface area contributed by atoms with Crippen molar-refractivity contribution >= 4 is 23.4 Å². The molecule has 34 heavy (non-hydrogen) atoms. The molecule has 1 heterocycles. The van der Waals surface area contributed by atoms with Gasteiger partial charge < -0.3 is 25.1 Å². The van der Waals surface area contributed by atoms with Crippen molar-refractivity contribution in [2.75, 3.05) is 18.1 Å². The third-order valence-electron chi connectivity index (χ3n) is 5.17. The molecule has 0 aromatic heterocycles. The number of hydrogen-bond donors (Lipinski definition) is 3. The number of aliphatic carboxylic acids is 1. The Morgan fingerprint density at radius 1 is 1.06 bits per heavy atom. The van der Waals surface area contributed by atoms with E-state index in [1.165, 1.54) is 4.90 Å². The van der Waals surface area contributed by atoms with E-state index in [4.69, 9.17) is 25.4 Å². The summed E-state index contributed by atoms with van der Waals surface area (Å²) in [5.41, 5.74) is 7.22. The molecule has 3 aromatic carbocycles. The lowest BCUT2D eigenvalue weighted by Gasteiger charge is -2.28. The maximum atomic E-state index is 12.4. The van der Waals surface area contributed by atoms with Gasteiger partial charge in [-0.3, -0.25) is 15.1 Å². The highest BCUT2D eigenvalue weighted by molar-refractivity contribution is 6.37. The summed E-state index contributed by atoms with van der Waals surface area (Å²) in [4.78, 5) is 25.0. The van der Waals surface area contributed by atoms with Gasteiger partial charge in [-0.15, -0.1) is 0 Å². The van der Waals surface area contributed by atoms with Crippen LogP contribution in [0.3, 0.4) is 0 Å². The SMILES string of the molecule is N=C(N)c1ccc(OC[C@@H]2COc3ccc(N(Cc4ccccc4)C(=O)C(=O)O)cc3O2)cc1. The molecule has 1 atom stereocenters. The predicted octanol–water partition coefficient (Wildman–Crippen LogP) is 2.81. The van der Waals surface area contributed by atoms with Crippen molar-refractivity contribution in [3.05, 3.63) is 83.9 Å². The van der Waals surface area contributed by atoms with E-state index in [2.05, 4.69) is 0 Å². The molecule has 0 unspecified atom stereocenters. The number of ether oxygens (including phenoxy) is 3. The molecule has 1 aliphatic rings. The number of anilines is 1. The van der Waals surface area contributed by atoms with E-state index in [-0.39, 0.29) is 25.6 Å². The number of carboxylic acid groups (broad SMARTS) is 1. The number of hydrogen-bond acceptors (Lipinski definition) is 6. The number of carboxylic acids is 1. The van der Waals surface area contributed by atoms with Crippen LogP contribution in [0, 0.1) is 5.41 Å². The van der Waals surface area contributed by atoms with Crippen LogP contribution in [0.5, 0.6) is 17.2 Å². The average molecular weight is 461 g/mol. The average Bonchev–Trinajstić information content (AvgIpc) is 2.86. The second-order valence-corrected chi connectivity index (χ2v) is 7.61. The van der Waals surface area contributed by atoms with Gasteiger partial charge in [-0.05, 0) is 42.0 Å². The highest BCUT2D eigenvalue weighted by Gasteiger charge is 2.27. The largest absolute Gasteiger partial charge is 0.490 e. The highest BCUT2D eigenvalue weighted by Crippen LogP contribution is 2.36. The molecule has 0 spiro atoms. The first-order chi connectivity index (χ1) is 16.4. The van der Waals surface area contributed by atoms with E-state index >= 15 is 0 Å². The van der Waals surface area contributed by atoms with Crippen LogP contribution in [0.1, 0.15) is 11.1 Å². The molecule has 3 aromatic rings. The third-order valence-corrected chi connectivity index (χ3v) is 5.17. The number of carbonyl (C=O) groups is 2. The Labute approximate surface area is 195 Å². The van der Waals surface area contributed by atoms with E-state index in [1.807, 2.05) is 30.3 Å². The van der Waals surface area contributed by atoms with Gasteiger partial charge in [-0.2, -0.15) is 0 Å². The summed E-state index contributed by atoms with van der Waals surface area (Å²) in [6.07, 6.45) is -0.423. The summed E-state index contributed by atoms with van der Waals surface area (Å²) in [7, 11) is 0. The molecule has 0 radical (unpaired) electrons. The van der Waals surface area contributed by atoms with Gasteiger partial charge in [0.15, 0.2) is 17.6 Å². The maximum absolute atomic E-state index is 12.4. The van der Waals surface area contributed by atoms with E-state index in [9.17, 15) is 14.7 Å². The summed E-state index contributed by atoms with van der Waals surface area (Å²) in [5.74, 6) is -1.14. The van der Waals surface area contributed by atoms with Crippen molar-refractivity contribution in [3.8, 4) is 17.2 Å². The molecule has 0 aliphatic carbocycles. The molecule has 1 amide bonds. The van der Waals surface area contributed by atoms with Gasteiger partial charge in [0.2, 0.25) is 0 Å². The predicted molar refractivity (Wildman–Crippen MR) is 125 cm³/mol. The molecule has 9 heteroatoms. The van der Waals surface area contributed by atoms with E-state index < -0.39 is 18.0 Å². The lowest BCUT2D eigenvalue weighted by atomic mass is 10.1. The second kappa shape index (κ2) is 9.95. The lowest BCUT2D eigenvalue weighted by molar-refractivity contribution is -0.148. The first-order valence-electron chi connectivity index (χ1n) is 10.5. The molecule has 4 N–H and O–H groups in total. The van der Waals surface area contributed by atoms with Crippen LogP contribution < -0.4 is 24.8 Å². The zero-order chi connectivity index (χ0) is 24.1. The Hall–Kier alpha value is -4.53. The molecule has 174 valence electrons. The quantitative estimate of drug-likeness (QED) is 0.280. The first kappa shape index (κ1) is 22.7. The fourth-order valence-electron chi connectivity index (χ4n) is 3.44. The molecule has 4 rings (SSSR count). The summed E-state index contributed by atoms with van der Waals surface area (Å²) >= 11 is 0. The smallest absolute Gasteiger partial charge is 0.394 e. The minimum Gasteiger partial charge on any atom is -0.490 e. The minimum atomic E-state index is -1.55. The van der Waals surface area contributed by atoms with Crippen LogP contribution in [0.25, 0.3) is 0 Å². The Morgan fingerprint density at radius 2 is 1.79 bits per heavy atom. The van der Waals surface area contributed by atoms with Crippen molar-refractivity contribution in [1.82, 2.24) is 0 Å².